The highest BCUT2D eigenvalue weighted by Crippen LogP contribution is 2.23. The molecule has 19 heavy (non-hydrogen) atoms. The quantitative estimate of drug-likeness (QED) is 0.722. The Hall–Kier alpha value is -1.43. The second kappa shape index (κ2) is 6.65. The lowest BCUT2D eigenvalue weighted by Crippen LogP contribution is -2.11. The average Bonchev–Trinajstić information content (AvgIpc) is 2.37. The lowest BCUT2D eigenvalue weighted by atomic mass is 10.1. The highest BCUT2D eigenvalue weighted by Gasteiger charge is 2.18. The minimum Gasteiger partial charge on any atom is -0.496 e. The summed E-state index contributed by atoms with van der Waals surface area (Å²) in [5.41, 5.74) is -0.112. The predicted octanol–water partition coefficient (Wildman–Crippen LogP) is 2.23. The number of halogens is 1. The number of Topliss-reactive ketones (excluding diaryl/α,β-unsaturated/α-hetero) is 1. The molecule has 106 valence electrons. The molecule has 0 heterocycles. The molecule has 0 fully saturated rings. The number of ketones is 1. The maximum atomic E-state index is 13.6. The van der Waals surface area contributed by atoms with E-state index in [9.17, 15) is 17.6 Å². The van der Waals surface area contributed by atoms with Gasteiger partial charge < -0.3 is 4.74 Å². The van der Waals surface area contributed by atoms with E-state index in [1.165, 1.54) is 25.3 Å². The Morgan fingerprint density at radius 2 is 2.05 bits per heavy atom. The Morgan fingerprint density at radius 3 is 2.63 bits per heavy atom. The fourth-order valence-corrected chi connectivity index (χ4v) is 2.54. The smallest absolute Gasteiger partial charge is 0.169 e. The molecular formula is C13H17FO4S. The van der Waals surface area contributed by atoms with Crippen molar-refractivity contribution in [3.05, 3.63) is 29.6 Å². The van der Waals surface area contributed by atoms with Crippen LogP contribution >= 0.6 is 0 Å². The molecule has 0 bridgehead atoms. The van der Waals surface area contributed by atoms with E-state index in [4.69, 9.17) is 4.74 Å². The molecule has 1 rings (SSSR count). The standard InChI is InChI=1S/C13H17FO4S/c1-3-19(16,17)9-5-7-11(15)13-10(14)6-4-8-12(13)18-2/h4,6,8H,3,5,7,9H2,1-2H3. The minimum atomic E-state index is -3.10. The van der Waals surface area contributed by atoms with Gasteiger partial charge in [0.25, 0.3) is 0 Å². The number of hydrogen-bond donors (Lipinski definition) is 0. The maximum absolute atomic E-state index is 13.6. The maximum Gasteiger partial charge on any atom is 0.169 e. The first-order chi connectivity index (χ1) is 8.91. The van der Waals surface area contributed by atoms with Gasteiger partial charge in [-0.15, -0.1) is 0 Å². The second-order valence-corrected chi connectivity index (χ2v) is 6.55. The molecule has 0 unspecified atom stereocenters. The SMILES string of the molecule is CCS(=O)(=O)CCCC(=O)c1c(F)cccc1OC. The van der Waals surface area contributed by atoms with Crippen LogP contribution in [0.2, 0.25) is 0 Å². The Morgan fingerprint density at radius 1 is 1.37 bits per heavy atom. The zero-order chi connectivity index (χ0) is 14.5. The van der Waals surface area contributed by atoms with Crippen molar-refractivity contribution in [3.8, 4) is 5.75 Å². The van der Waals surface area contributed by atoms with Crippen LogP contribution in [0.1, 0.15) is 30.1 Å². The predicted molar refractivity (Wildman–Crippen MR) is 70.8 cm³/mol. The summed E-state index contributed by atoms with van der Waals surface area (Å²) in [6.45, 7) is 1.55. The van der Waals surface area contributed by atoms with Crippen LogP contribution in [-0.4, -0.2) is 32.8 Å². The van der Waals surface area contributed by atoms with Gasteiger partial charge in [-0.1, -0.05) is 13.0 Å². The van der Waals surface area contributed by atoms with Gasteiger partial charge in [-0.3, -0.25) is 4.79 Å². The molecule has 0 aliphatic carbocycles. The van der Waals surface area contributed by atoms with Gasteiger partial charge in [0.15, 0.2) is 5.78 Å². The second-order valence-electron chi connectivity index (χ2n) is 4.08. The number of benzene rings is 1. The monoisotopic (exact) mass is 288 g/mol. The first-order valence-electron chi connectivity index (χ1n) is 5.97. The van der Waals surface area contributed by atoms with E-state index in [1.807, 2.05) is 0 Å². The molecule has 0 spiro atoms. The highest BCUT2D eigenvalue weighted by atomic mass is 32.2. The summed E-state index contributed by atoms with van der Waals surface area (Å²) >= 11 is 0. The van der Waals surface area contributed by atoms with E-state index >= 15 is 0 Å². The van der Waals surface area contributed by atoms with Crippen LogP contribution in [0.5, 0.6) is 5.75 Å². The summed E-state index contributed by atoms with van der Waals surface area (Å²) in [6, 6.07) is 4.13. The molecule has 0 N–H and O–H groups in total. The highest BCUT2D eigenvalue weighted by molar-refractivity contribution is 7.91. The van der Waals surface area contributed by atoms with E-state index in [0.717, 1.165) is 0 Å². The van der Waals surface area contributed by atoms with Crippen LogP contribution in [0, 0.1) is 5.82 Å². The van der Waals surface area contributed by atoms with E-state index in [2.05, 4.69) is 0 Å². The molecule has 1 aromatic carbocycles. The zero-order valence-corrected chi connectivity index (χ0v) is 11.8. The van der Waals surface area contributed by atoms with Gasteiger partial charge in [0.05, 0.1) is 18.4 Å². The molecule has 0 saturated carbocycles. The van der Waals surface area contributed by atoms with Crippen molar-refractivity contribution in [1.29, 1.82) is 0 Å². The Bertz CT molecular complexity index is 552. The van der Waals surface area contributed by atoms with Crippen molar-refractivity contribution in [1.82, 2.24) is 0 Å². The normalized spacial score (nSPS) is 11.3. The number of sulfone groups is 1. The Kier molecular flexibility index (Phi) is 5.47. The third-order valence-corrected chi connectivity index (χ3v) is 4.56. The molecule has 0 atom stereocenters. The van der Waals surface area contributed by atoms with Crippen molar-refractivity contribution >= 4 is 15.6 Å². The van der Waals surface area contributed by atoms with Crippen LogP contribution in [-0.2, 0) is 9.84 Å². The molecule has 0 saturated heterocycles. The summed E-state index contributed by atoms with van der Waals surface area (Å²) in [5, 5.41) is 0. The number of hydrogen-bond acceptors (Lipinski definition) is 4. The lowest BCUT2D eigenvalue weighted by Gasteiger charge is -2.08. The first-order valence-corrected chi connectivity index (χ1v) is 7.79. The van der Waals surface area contributed by atoms with Crippen LogP contribution in [0.25, 0.3) is 0 Å². The molecule has 0 radical (unpaired) electrons. The molecule has 6 heteroatoms. The average molecular weight is 288 g/mol. The summed E-state index contributed by atoms with van der Waals surface area (Å²) < 4.78 is 41.1. The van der Waals surface area contributed by atoms with E-state index in [1.54, 1.807) is 6.92 Å². The lowest BCUT2D eigenvalue weighted by molar-refractivity contribution is 0.0975. The van der Waals surface area contributed by atoms with Gasteiger partial charge in [0, 0.05) is 12.2 Å². The first kappa shape index (κ1) is 15.6. The fraction of sp³-hybridized carbons (Fsp3) is 0.462. The summed E-state index contributed by atoms with van der Waals surface area (Å²) in [4.78, 5) is 11.9. The third kappa shape index (κ3) is 4.31. The van der Waals surface area contributed by atoms with Crippen LogP contribution in [0.4, 0.5) is 4.39 Å². The van der Waals surface area contributed by atoms with Gasteiger partial charge in [-0.25, -0.2) is 12.8 Å². The molecule has 1 aromatic rings. The molecule has 0 aliphatic heterocycles. The van der Waals surface area contributed by atoms with Crippen LogP contribution in [0.3, 0.4) is 0 Å². The minimum absolute atomic E-state index is 0.0173. The molecule has 0 aromatic heterocycles. The van der Waals surface area contributed by atoms with Crippen molar-refractivity contribution in [2.75, 3.05) is 18.6 Å². The van der Waals surface area contributed by atoms with Crippen molar-refractivity contribution < 1.29 is 22.3 Å². The largest absolute Gasteiger partial charge is 0.496 e. The summed E-state index contributed by atoms with van der Waals surface area (Å²) in [6.07, 6.45) is 0.170. The van der Waals surface area contributed by atoms with Crippen LogP contribution < -0.4 is 4.74 Å². The third-order valence-electron chi connectivity index (χ3n) is 2.77. The molecule has 0 amide bonds. The van der Waals surface area contributed by atoms with Gasteiger partial charge in [-0.05, 0) is 18.6 Å². The van der Waals surface area contributed by atoms with Gasteiger partial charge in [0.2, 0.25) is 0 Å². The van der Waals surface area contributed by atoms with Gasteiger partial charge in [0.1, 0.15) is 21.4 Å². The van der Waals surface area contributed by atoms with Crippen molar-refractivity contribution in [3.63, 3.8) is 0 Å². The van der Waals surface area contributed by atoms with Crippen molar-refractivity contribution in [2.24, 2.45) is 0 Å². The summed E-state index contributed by atoms with van der Waals surface area (Å²) in [7, 11) is -1.75. The molecule has 0 aliphatic rings. The van der Waals surface area contributed by atoms with E-state index in [-0.39, 0.29) is 35.7 Å². The number of ether oxygens (including phenoxy) is 1. The number of carbonyl (C=O) groups excluding carboxylic acids is 1. The summed E-state index contributed by atoms with van der Waals surface area (Å²) in [5.74, 6) is -0.941. The van der Waals surface area contributed by atoms with Crippen LogP contribution in [0.15, 0.2) is 18.2 Å². The van der Waals surface area contributed by atoms with E-state index in [0.29, 0.717) is 0 Å². The topological polar surface area (TPSA) is 60.4 Å². The number of carbonyl (C=O) groups is 1. The Labute approximate surface area is 112 Å². The number of rotatable bonds is 7. The van der Waals surface area contributed by atoms with Gasteiger partial charge in [-0.2, -0.15) is 0 Å². The van der Waals surface area contributed by atoms with Gasteiger partial charge >= 0.3 is 0 Å². The number of methoxy groups -OCH3 is 1. The zero-order valence-electron chi connectivity index (χ0n) is 11.0. The van der Waals surface area contributed by atoms with Crippen molar-refractivity contribution in [2.45, 2.75) is 19.8 Å². The van der Waals surface area contributed by atoms with E-state index < -0.39 is 21.4 Å². The fourth-order valence-electron chi connectivity index (χ4n) is 1.67. The molecule has 4 nitrogen and oxygen atoms in total. The molecular weight excluding hydrogens is 271 g/mol. The Balaban J connectivity index is 2.74.